The Kier molecular flexibility index (Phi) is 4.66. The fourth-order valence-corrected chi connectivity index (χ4v) is 1.88. The Balaban J connectivity index is 2.15. The van der Waals surface area contributed by atoms with Crippen molar-refractivity contribution >= 4 is 17.3 Å². The van der Waals surface area contributed by atoms with Gasteiger partial charge in [-0.1, -0.05) is 0 Å². The molecule has 0 heterocycles. The van der Waals surface area contributed by atoms with Crippen molar-refractivity contribution < 1.29 is 14.3 Å². The minimum atomic E-state index is -0.242. The predicted octanol–water partition coefficient (Wildman–Crippen LogP) is 2.93. The minimum absolute atomic E-state index is 0.242. The first kappa shape index (κ1) is 14.7. The lowest BCUT2D eigenvalue weighted by atomic mass is 10.1. The highest BCUT2D eigenvalue weighted by Gasteiger charge is 2.09. The number of ether oxygens (including phenoxy) is 2. The summed E-state index contributed by atoms with van der Waals surface area (Å²) in [6, 6.07) is 12.1. The highest BCUT2D eigenvalue weighted by Crippen LogP contribution is 2.21. The third kappa shape index (κ3) is 3.89. The van der Waals surface area contributed by atoms with Crippen molar-refractivity contribution in [2.45, 2.75) is 6.92 Å². The molecule has 0 atom stereocenters. The van der Waals surface area contributed by atoms with Gasteiger partial charge < -0.3 is 20.5 Å². The van der Waals surface area contributed by atoms with Crippen LogP contribution in [0.3, 0.4) is 0 Å². The van der Waals surface area contributed by atoms with E-state index in [0.717, 1.165) is 5.75 Å². The van der Waals surface area contributed by atoms with Crippen LogP contribution in [0.2, 0.25) is 0 Å². The van der Waals surface area contributed by atoms with E-state index in [2.05, 4.69) is 5.32 Å². The van der Waals surface area contributed by atoms with Gasteiger partial charge >= 0.3 is 0 Å². The van der Waals surface area contributed by atoms with Gasteiger partial charge in [0.2, 0.25) is 0 Å². The minimum Gasteiger partial charge on any atom is -0.497 e. The summed E-state index contributed by atoms with van der Waals surface area (Å²) in [5, 5.41) is 2.80. The SMILES string of the molecule is CCOc1cc(N)cc(C(=O)Nc2ccc(OC)cc2)c1. The number of rotatable bonds is 5. The fourth-order valence-electron chi connectivity index (χ4n) is 1.88. The Bertz CT molecular complexity index is 624. The van der Waals surface area contributed by atoms with Crippen molar-refractivity contribution in [1.82, 2.24) is 0 Å². The summed E-state index contributed by atoms with van der Waals surface area (Å²) in [5.41, 5.74) is 7.40. The standard InChI is InChI=1S/C16H18N2O3/c1-3-21-15-9-11(8-12(17)10-15)16(19)18-13-4-6-14(20-2)7-5-13/h4-10H,3,17H2,1-2H3,(H,18,19). The van der Waals surface area contributed by atoms with Crippen LogP contribution in [0.1, 0.15) is 17.3 Å². The maximum atomic E-state index is 12.2. The van der Waals surface area contributed by atoms with Gasteiger partial charge in [0.15, 0.2) is 0 Å². The van der Waals surface area contributed by atoms with Crippen molar-refractivity contribution in [2.24, 2.45) is 0 Å². The van der Waals surface area contributed by atoms with Crippen LogP contribution in [0, 0.1) is 0 Å². The third-order valence-electron chi connectivity index (χ3n) is 2.85. The molecule has 2 aromatic carbocycles. The number of hydrogen-bond donors (Lipinski definition) is 2. The maximum absolute atomic E-state index is 12.2. The van der Waals surface area contributed by atoms with Gasteiger partial charge in [-0.05, 0) is 43.3 Å². The Hall–Kier alpha value is -2.69. The second-order valence-electron chi connectivity index (χ2n) is 4.41. The molecule has 0 saturated carbocycles. The van der Waals surface area contributed by atoms with E-state index in [4.69, 9.17) is 15.2 Å². The van der Waals surface area contributed by atoms with Gasteiger partial charge in [-0.25, -0.2) is 0 Å². The molecule has 0 spiro atoms. The van der Waals surface area contributed by atoms with Gasteiger partial charge in [-0.3, -0.25) is 4.79 Å². The van der Waals surface area contributed by atoms with Crippen LogP contribution in [0.5, 0.6) is 11.5 Å². The molecule has 0 aromatic heterocycles. The van der Waals surface area contributed by atoms with E-state index in [9.17, 15) is 4.79 Å². The summed E-state index contributed by atoms with van der Waals surface area (Å²) in [4.78, 5) is 12.2. The highest BCUT2D eigenvalue weighted by molar-refractivity contribution is 6.05. The number of carbonyl (C=O) groups is 1. The van der Waals surface area contributed by atoms with Crippen molar-refractivity contribution in [3.8, 4) is 11.5 Å². The molecule has 0 fully saturated rings. The first-order chi connectivity index (χ1) is 10.1. The summed E-state index contributed by atoms with van der Waals surface area (Å²) in [6.07, 6.45) is 0. The van der Waals surface area contributed by atoms with E-state index < -0.39 is 0 Å². The highest BCUT2D eigenvalue weighted by atomic mass is 16.5. The van der Waals surface area contributed by atoms with E-state index in [0.29, 0.717) is 29.3 Å². The molecular weight excluding hydrogens is 268 g/mol. The molecule has 0 aliphatic heterocycles. The van der Waals surface area contributed by atoms with Gasteiger partial charge in [-0.15, -0.1) is 0 Å². The van der Waals surface area contributed by atoms with Crippen molar-refractivity contribution in [3.05, 3.63) is 48.0 Å². The number of anilines is 2. The van der Waals surface area contributed by atoms with Crippen LogP contribution in [-0.4, -0.2) is 19.6 Å². The van der Waals surface area contributed by atoms with E-state index in [1.807, 2.05) is 6.92 Å². The number of carbonyl (C=O) groups excluding carboxylic acids is 1. The van der Waals surface area contributed by atoms with Crippen LogP contribution >= 0.6 is 0 Å². The summed E-state index contributed by atoms with van der Waals surface area (Å²) >= 11 is 0. The molecular formula is C16H18N2O3. The largest absolute Gasteiger partial charge is 0.497 e. The molecule has 3 N–H and O–H groups in total. The quantitative estimate of drug-likeness (QED) is 0.829. The van der Waals surface area contributed by atoms with Crippen LogP contribution in [-0.2, 0) is 0 Å². The van der Waals surface area contributed by atoms with Crippen molar-refractivity contribution in [3.63, 3.8) is 0 Å². The molecule has 5 nitrogen and oxygen atoms in total. The average molecular weight is 286 g/mol. The van der Waals surface area contributed by atoms with Crippen molar-refractivity contribution in [2.75, 3.05) is 24.8 Å². The molecule has 0 bridgehead atoms. The molecule has 5 heteroatoms. The second-order valence-corrected chi connectivity index (χ2v) is 4.41. The zero-order valence-corrected chi connectivity index (χ0v) is 12.1. The summed E-state index contributed by atoms with van der Waals surface area (Å²) < 4.78 is 10.5. The number of benzene rings is 2. The molecule has 110 valence electrons. The van der Waals surface area contributed by atoms with Crippen LogP contribution < -0.4 is 20.5 Å². The zero-order valence-electron chi connectivity index (χ0n) is 12.1. The summed E-state index contributed by atoms with van der Waals surface area (Å²) in [5.74, 6) is 1.07. The number of nitrogens with two attached hydrogens (primary N) is 1. The average Bonchev–Trinajstić information content (AvgIpc) is 2.48. The second kappa shape index (κ2) is 6.65. The number of methoxy groups -OCH3 is 1. The van der Waals surface area contributed by atoms with Gasteiger partial charge in [0, 0.05) is 23.0 Å². The smallest absolute Gasteiger partial charge is 0.255 e. The van der Waals surface area contributed by atoms with Gasteiger partial charge in [0.05, 0.1) is 13.7 Å². The Morgan fingerprint density at radius 1 is 1.14 bits per heavy atom. The third-order valence-corrected chi connectivity index (χ3v) is 2.85. The maximum Gasteiger partial charge on any atom is 0.255 e. The van der Waals surface area contributed by atoms with Crippen LogP contribution in [0.15, 0.2) is 42.5 Å². The Labute approximate surface area is 123 Å². The number of nitrogen functional groups attached to an aromatic ring is 1. The molecule has 1 amide bonds. The molecule has 0 aliphatic carbocycles. The van der Waals surface area contributed by atoms with Gasteiger partial charge in [0.1, 0.15) is 11.5 Å². The zero-order chi connectivity index (χ0) is 15.2. The first-order valence-electron chi connectivity index (χ1n) is 6.61. The topological polar surface area (TPSA) is 73.6 Å². The molecule has 0 radical (unpaired) electrons. The fraction of sp³-hybridized carbons (Fsp3) is 0.188. The molecule has 21 heavy (non-hydrogen) atoms. The van der Waals surface area contributed by atoms with E-state index >= 15 is 0 Å². The predicted molar refractivity (Wildman–Crippen MR) is 83.0 cm³/mol. The van der Waals surface area contributed by atoms with E-state index in [1.54, 1.807) is 49.6 Å². The van der Waals surface area contributed by atoms with Gasteiger partial charge in [-0.2, -0.15) is 0 Å². The molecule has 0 saturated heterocycles. The van der Waals surface area contributed by atoms with Crippen LogP contribution in [0.25, 0.3) is 0 Å². The summed E-state index contributed by atoms with van der Waals surface area (Å²) in [6.45, 7) is 2.39. The van der Waals surface area contributed by atoms with Crippen molar-refractivity contribution in [1.29, 1.82) is 0 Å². The van der Waals surface area contributed by atoms with E-state index in [1.165, 1.54) is 0 Å². The number of nitrogens with one attached hydrogen (secondary N) is 1. The molecule has 0 aliphatic rings. The molecule has 0 unspecified atom stereocenters. The van der Waals surface area contributed by atoms with E-state index in [-0.39, 0.29) is 5.91 Å². The van der Waals surface area contributed by atoms with Gasteiger partial charge in [0.25, 0.3) is 5.91 Å². The molecule has 2 aromatic rings. The summed E-state index contributed by atoms with van der Waals surface area (Å²) in [7, 11) is 1.59. The monoisotopic (exact) mass is 286 g/mol. The molecule has 2 rings (SSSR count). The Morgan fingerprint density at radius 3 is 2.48 bits per heavy atom. The lowest BCUT2D eigenvalue weighted by molar-refractivity contribution is 0.102. The van der Waals surface area contributed by atoms with Crippen LogP contribution in [0.4, 0.5) is 11.4 Å². The first-order valence-corrected chi connectivity index (χ1v) is 6.61. The number of hydrogen-bond acceptors (Lipinski definition) is 4. The Morgan fingerprint density at radius 2 is 1.86 bits per heavy atom. The lowest BCUT2D eigenvalue weighted by Gasteiger charge is -2.09. The normalized spacial score (nSPS) is 10.0. The lowest BCUT2D eigenvalue weighted by Crippen LogP contribution is -2.12. The number of amides is 1.